The molecule has 2 aliphatic rings. The van der Waals surface area contributed by atoms with E-state index in [-0.39, 0.29) is 11.6 Å². The molecule has 118 valence electrons. The number of carbonyl (C=O) groups is 1. The highest BCUT2D eigenvalue weighted by molar-refractivity contribution is 5.94. The van der Waals surface area contributed by atoms with Crippen LogP contribution in [-0.2, 0) is 0 Å². The molecule has 1 aliphatic heterocycles. The fraction of sp³-hybridized carbons (Fsp3) is 0.562. The average molecular weight is 303 g/mol. The van der Waals surface area contributed by atoms with Gasteiger partial charge in [0.1, 0.15) is 0 Å². The van der Waals surface area contributed by atoms with Gasteiger partial charge in [0, 0.05) is 36.8 Å². The molecule has 1 heterocycles. The summed E-state index contributed by atoms with van der Waals surface area (Å²) in [5.74, 6) is 0.758. The Bertz CT molecular complexity index is 564. The molecule has 0 radical (unpaired) electrons. The minimum absolute atomic E-state index is 0.0353. The second kappa shape index (κ2) is 6.44. The molecule has 0 aromatic heterocycles. The van der Waals surface area contributed by atoms with Crippen molar-refractivity contribution in [3.05, 3.63) is 39.9 Å². The number of hydrogen-bond donors (Lipinski definition) is 1. The quantitative estimate of drug-likeness (QED) is 0.668. The van der Waals surface area contributed by atoms with Crippen molar-refractivity contribution in [3.8, 4) is 0 Å². The lowest BCUT2D eigenvalue weighted by atomic mass is 10.0. The summed E-state index contributed by atoms with van der Waals surface area (Å²) in [7, 11) is 0. The van der Waals surface area contributed by atoms with Crippen LogP contribution in [0.25, 0.3) is 0 Å². The molecular formula is C16H21N3O3. The molecule has 1 saturated carbocycles. The van der Waals surface area contributed by atoms with Crippen LogP contribution >= 0.6 is 0 Å². The zero-order valence-corrected chi connectivity index (χ0v) is 12.5. The summed E-state index contributed by atoms with van der Waals surface area (Å²) >= 11 is 0. The zero-order chi connectivity index (χ0) is 15.5. The Kier molecular flexibility index (Phi) is 4.38. The van der Waals surface area contributed by atoms with Crippen LogP contribution in [0.4, 0.5) is 5.69 Å². The van der Waals surface area contributed by atoms with Crippen molar-refractivity contribution in [2.24, 2.45) is 5.92 Å². The maximum absolute atomic E-state index is 12.4. The Balaban J connectivity index is 1.54. The lowest BCUT2D eigenvalue weighted by Crippen LogP contribution is -2.45. The van der Waals surface area contributed by atoms with Gasteiger partial charge in [-0.1, -0.05) is 6.07 Å². The van der Waals surface area contributed by atoms with Crippen molar-refractivity contribution in [2.45, 2.75) is 31.7 Å². The van der Waals surface area contributed by atoms with E-state index in [2.05, 4.69) is 5.32 Å². The van der Waals surface area contributed by atoms with Crippen molar-refractivity contribution >= 4 is 11.6 Å². The Morgan fingerprint density at radius 3 is 2.64 bits per heavy atom. The molecule has 22 heavy (non-hydrogen) atoms. The third kappa shape index (κ3) is 3.62. The van der Waals surface area contributed by atoms with Gasteiger partial charge in [-0.25, -0.2) is 0 Å². The first-order chi connectivity index (χ1) is 10.6. The summed E-state index contributed by atoms with van der Waals surface area (Å²) in [5.41, 5.74) is 0.366. The van der Waals surface area contributed by atoms with Crippen LogP contribution in [0.2, 0.25) is 0 Å². The Labute approximate surface area is 129 Å². The first-order valence-corrected chi connectivity index (χ1v) is 7.90. The number of likely N-dealkylation sites (tertiary alicyclic amines) is 1. The zero-order valence-electron chi connectivity index (χ0n) is 12.5. The third-order valence-corrected chi connectivity index (χ3v) is 4.48. The second-order valence-electron chi connectivity index (χ2n) is 6.23. The minimum Gasteiger partial charge on any atom is -0.339 e. The molecule has 0 bridgehead atoms. The highest BCUT2D eigenvalue weighted by atomic mass is 16.6. The summed E-state index contributed by atoms with van der Waals surface area (Å²) in [4.78, 5) is 24.6. The van der Waals surface area contributed by atoms with Gasteiger partial charge in [0.15, 0.2) is 0 Å². The maximum atomic E-state index is 12.4. The molecule has 0 unspecified atom stereocenters. The lowest BCUT2D eigenvalue weighted by molar-refractivity contribution is -0.384. The highest BCUT2D eigenvalue weighted by Gasteiger charge is 2.26. The van der Waals surface area contributed by atoms with E-state index in [9.17, 15) is 14.9 Å². The van der Waals surface area contributed by atoms with Crippen LogP contribution < -0.4 is 5.32 Å². The number of nitro groups is 1. The van der Waals surface area contributed by atoms with E-state index >= 15 is 0 Å². The van der Waals surface area contributed by atoms with E-state index < -0.39 is 4.92 Å². The predicted molar refractivity (Wildman–Crippen MR) is 82.7 cm³/mol. The molecule has 0 atom stereocenters. The molecule has 1 amide bonds. The normalized spacial score (nSPS) is 19.2. The molecule has 2 fully saturated rings. The van der Waals surface area contributed by atoms with Crippen molar-refractivity contribution in [3.63, 3.8) is 0 Å². The second-order valence-corrected chi connectivity index (χ2v) is 6.23. The van der Waals surface area contributed by atoms with Crippen LogP contribution in [0.5, 0.6) is 0 Å². The summed E-state index contributed by atoms with van der Waals surface area (Å²) in [5, 5.41) is 14.4. The third-order valence-electron chi connectivity index (χ3n) is 4.48. The van der Waals surface area contributed by atoms with Gasteiger partial charge in [-0.2, -0.15) is 0 Å². The number of benzene rings is 1. The van der Waals surface area contributed by atoms with Crippen molar-refractivity contribution < 1.29 is 9.72 Å². The van der Waals surface area contributed by atoms with E-state index in [1.54, 1.807) is 17.0 Å². The topological polar surface area (TPSA) is 75.5 Å². The van der Waals surface area contributed by atoms with Crippen molar-refractivity contribution in [1.29, 1.82) is 0 Å². The number of nitro benzene ring substituents is 1. The molecule has 3 rings (SSSR count). The molecule has 6 heteroatoms. The van der Waals surface area contributed by atoms with Gasteiger partial charge in [0.25, 0.3) is 11.6 Å². The average Bonchev–Trinajstić information content (AvgIpc) is 3.37. The first-order valence-electron chi connectivity index (χ1n) is 7.90. The van der Waals surface area contributed by atoms with E-state index in [1.807, 2.05) is 0 Å². The summed E-state index contributed by atoms with van der Waals surface area (Å²) in [6.45, 7) is 2.53. The smallest absolute Gasteiger partial charge is 0.270 e. The van der Waals surface area contributed by atoms with Crippen molar-refractivity contribution in [2.75, 3.05) is 19.6 Å². The number of piperidine rings is 1. The molecule has 1 aromatic carbocycles. The number of hydrogen-bond acceptors (Lipinski definition) is 4. The van der Waals surface area contributed by atoms with Gasteiger partial charge in [-0.05, 0) is 44.2 Å². The first kappa shape index (κ1) is 15.0. The Morgan fingerprint density at radius 1 is 1.27 bits per heavy atom. The minimum atomic E-state index is -0.467. The SMILES string of the molecule is O=C(c1cccc([N+](=O)[O-])c1)N1CCC(NCC2CC2)CC1. The van der Waals surface area contributed by atoms with Crippen LogP contribution in [0, 0.1) is 16.0 Å². The van der Waals surface area contributed by atoms with Crippen molar-refractivity contribution in [1.82, 2.24) is 10.2 Å². The predicted octanol–water partition coefficient (Wildman–Crippen LogP) is 2.20. The van der Waals surface area contributed by atoms with Gasteiger partial charge in [0.2, 0.25) is 0 Å². The largest absolute Gasteiger partial charge is 0.339 e. The number of amides is 1. The Morgan fingerprint density at radius 2 is 2.00 bits per heavy atom. The number of nitrogens with one attached hydrogen (secondary N) is 1. The molecule has 1 saturated heterocycles. The molecule has 0 spiro atoms. The standard InChI is InChI=1S/C16H21N3O3/c20-16(13-2-1-3-15(10-13)19(21)22)18-8-6-14(7-9-18)17-11-12-4-5-12/h1-3,10,12,14,17H,4-9,11H2. The van der Waals surface area contributed by atoms with Crippen LogP contribution in [0.15, 0.2) is 24.3 Å². The fourth-order valence-corrected chi connectivity index (χ4v) is 2.88. The maximum Gasteiger partial charge on any atom is 0.270 e. The van der Waals surface area contributed by atoms with Gasteiger partial charge < -0.3 is 10.2 Å². The van der Waals surface area contributed by atoms with Gasteiger partial charge in [0.05, 0.1) is 4.92 Å². The van der Waals surface area contributed by atoms with E-state index in [4.69, 9.17) is 0 Å². The molecular weight excluding hydrogens is 282 g/mol. The van der Waals surface area contributed by atoms with Gasteiger partial charge in [-0.3, -0.25) is 14.9 Å². The molecule has 1 aliphatic carbocycles. The number of non-ortho nitro benzene ring substituents is 1. The number of nitrogens with zero attached hydrogens (tertiary/aromatic N) is 2. The summed E-state index contributed by atoms with van der Waals surface area (Å²) in [6.07, 6.45) is 4.59. The molecule has 1 N–H and O–H groups in total. The summed E-state index contributed by atoms with van der Waals surface area (Å²) < 4.78 is 0. The molecule has 1 aromatic rings. The van der Waals surface area contributed by atoms with E-state index in [0.717, 1.165) is 25.3 Å². The fourth-order valence-electron chi connectivity index (χ4n) is 2.88. The monoisotopic (exact) mass is 303 g/mol. The van der Waals surface area contributed by atoms with Crippen LogP contribution in [-0.4, -0.2) is 41.4 Å². The van der Waals surface area contributed by atoms with Gasteiger partial charge in [-0.15, -0.1) is 0 Å². The number of carbonyl (C=O) groups excluding carboxylic acids is 1. The van der Waals surface area contributed by atoms with Crippen LogP contribution in [0.1, 0.15) is 36.0 Å². The van der Waals surface area contributed by atoms with Gasteiger partial charge >= 0.3 is 0 Å². The van der Waals surface area contributed by atoms with E-state index in [0.29, 0.717) is 24.7 Å². The number of rotatable bonds is 5. The summed E-state index contributed by atoms with van der Waals surface area (Å²) in [6, 6.07) is 6.47. The van der Waals surface area contributed by atoms with E-state index in [1.165, 1.54) is 25.0 Å². The Hall–Kier alpha value is -1.95. The van der Waals surface area contributed by atoms with Crippen LogP contribution in [0.3, 0.4) is 0 Å². The highest BCUT2D eigenvalue weighted by Crippen LogP contribution is 2.28. The molecule has 6 nitrogen and oxygen atoms in total. The lowest BCUT2D eigenvalue weighted by Gasteiger charge is -2.32.